The summed E-state index contributed by atoms with van der Waals surface area (Å²) in [5.74, 6) is 0.902. The second-order valence-electron chi connectivity index (χ2n) is 8.05. The molecule has 0 radical (unpaired) electrons. The van der Waals surface area contributed by atoms with Gasteiger partial charge in [-0.1, -0.05) is 60.1 Å². The molecule has 0 aliphatic carbocycles. The van der Waals surface area contributed by atoms with E-state index >= 15 is 0 Å². The van der Waals surface area contributed by atoms with E-state index in [0.717, 1.165) is 24.2 Å². The molecule has 1 fully saturated rings. The van der Waals surface area contributed by atoms with Gasteiger partial charge in [0.1, 0.15) is 11.4 Å². The number of halogens is 1. The minimum absolute atomic E-state index is 0.107. The topological polar surface area (TPSA) is 41.6 Å². The van der Waals surface area contributed by atoms with Crippen LogP contribution in [0.4, 0.5) is 10.5 Å². The Morgan fingerprint density at radius 1 is 0.935 bits per heavy atom. The van der Waals surface area contributed by atoms with Crippen molar-refractivity contribution < 1.29 is 9.53 Å². The standard InChI is InChI=1S/C26H23ClN2O2/c27-22-7-4-8-23(18-22)28-25(30)29-15-13-26(14-16-29)12-11-21-17-20(9-10-24(21)31-26)19-5-2-1-3-6-19/h1-12,17-18H,13-16H2,(H,28,30). The number of nitrogens with one attached hydrogen (secondary N) is 1. The normalized spacial score (nSPS) is 16.5. The molecule has 2 aliphatic rings. The second kappa shape index (κ2) is 8.12. The number of carbonyl (C=O) groups excluding carboxylic acids is 1. The van der Waals surface area contributed by atoms with Crippen LogP contribution in [0.1, 0.15) is 18.4 Å². The molecule has 2 aliphatic heterocycles. The molecule has 0 unspecified atom stereocenters. The molecule has 0 atom stereocenters. The van der Waals surface area contributed by atoms with Gasteiger partial charge in [0.2, 0.25) is 0 Å². The summed E-state index contributed by atoms with van der Waals surface area (Å²) in [4.78, 5) is 14.5. The van der Waals surface area contributed by atoms with E-state index in [0.29, 0.717) is 23.8 Å². The summed E-state index contributed by atoms with van der Waals surface area (Å²) in [6, 6.07) is 23.8. The Morgan fingerprint density at radius 3 is 2.52 bits per heavy atom. The van der Waals surface area contributed by atoms with Gasteiger partial charge >= 0.3 is 6.03 Å². The molecular formula is C26H23ClN2O2. The van der Waals surface area contributed by atoms with Gasteiger partial charge in [0.05, 0.1) is 0 Å². The number of benzene rings is 3. The molecule has 2 heterocycles. The molecule has 4 nitrogen and oxygen atoms in total. The number of ether oxygens (including phenoxy) is 1. The number of anilines is 1. The van der Waals surface area contributed by atoms with E-state index < -0.39 is 0 Å². The SMILES string of the molecule is O=C(Nc1cccc(Cl)c1)N1CCC2(C=Cc3cc(-c4ccccc4)ccc3O2)CC1. The predicted molar refractivity (Wildman–Crippen MR) is 126 cm³/mol. The summed E-state index contributed by atoms with van der Waals surface area (Å²) in [5.41, 5.74) is 3.81. The molecule has 1 saturated heterocycles. The van der Waals surface area contributed by atoms with E-state index in [4.69, 9.17) is 16.3 Å². The van der Waals surface area contributed by atoms with E-state index in [9.17, 15) is 4.79 Å². The molecule has 0 aromatic heterocycles. The number of hydrogen-bond donors (Lipinski definition) is 1. The average molecular weight is 431 g/mol. The van der Waals surface area contributed by atoms with Gasteiger partial charge in [0.25, 0.3) is 0 Å². The smallest absolute Gasteiger partial charge is 0.321 e. The summed E-state index contributed by atoms with van der Waals surface area (Å²) < 4.78 is 6.45. The first-order chi connectivity index (χ1) is 15.1. The maximum atomic E-state index is 12.6. The van der Waals surface area contributed by atoms with Crippen molar-refractivity contribution >= 4 is 29.4 Å². The van der Waals surface area contributed by atoms with Gasteiger partial charge in [-0.05, 0) is 47.5 Å². The fourth-order valence-electron chi connectivity index (χ4n) is 4.20. The first-order valence-corrected chi connectivity index (χ1v) is 10.9. The molecule has 2 amide bonds. The van der Waals surface area contributed by atoms with E-state index in [1.54, 1.807) is 12.1 Å². The van der Waals surface area contributed by atoms with Crippen molar-refractivity contribution in [1.29, 1.82) is 0 Å². The number of urea groups is 1. The highest BCUT2D eigenvalue weighted by molar-refractivity contribution is 6.30. The third-order valence-electron chi connectivity index (χ3n) is 5.97. The lowest BCUT2D eigenvalue weighted by Crippen LogP contribution is -2.50. The molecule has 0 saturated carbocycles. The Bertz CT molecular complexity index is 1140. The molecule has 156 valence electrons. The predicted octanol–water partition coefficient (Wildman–Crippen LogP) is 6.48. The Morgan fingerprint density at radius 2 is 1.74 bits per heavy atom. The molecule has 3 aromatic carbocycles. The third-order valence-corrected chi connectivity index (χ3v) is 6.20. The Hall–Kier alpha value is -3.24. The third kappa shape index (κ3) is 4.17. The van der Waals surface area contributed by atoms with Crippen molar-refractivity contribution in [1.82, 2.24) is 4.90 Å². The largest absolute Gasteiger partial charge is 0.482 e. The number of carbonyl (C=O) groups is 1. The summed E-state index contributed by atoms with van der Waals surface area (Å²) in [6.07, 6.45) is 5.84. The molecule has 1 spiro atoms. The minimum atomic E-state index is -0.353. The number of amides is 2. The van der Waals surface area contributed by atoms with Crippen LogP contribution in [0, 0.1) is 0 Å². The van der Waals surface area contributed by atoms with Crippen molar-refractivity contribution in [2.75, 3.05) is 18.4 Å². The zero-order chi connectivity index (χ0) is 21.3. The lowest BCUT2D eigenvalue weighted by Gasteiger charge is -2.41. The molecule has 31 heavy (non-hydrogen) atoms. The monoisotopic (exact) mass is 430 g/mol. The number of rotatable bonds is 2. The van der Waals surface area contributed by atoms with Crippen molar-refractivity contribution in [2.24, 2.45) is 0 Å². The van der Waals surface area contributed by atoms with Gasteiger partial charge in [-0.25, -0.2) is 4.79 Å². The van der Waals surface area contributed by atoms with Gasteiger partial charge in [-0.2, -0.15) is 0 Å². The van der Waals surface area contributed by atoms with Crippen LogP contribution in [0.5, 0.6) is 5.75 Å². The molecule has 0 bridgehead atoms. The maximum absolute atomic E-state index is 12.6. The molecule has 3 aromatic rings. The highest BCUT2D eigenvalue weighted by Crippen LogP contribution is 2.38. The van der Waals surface area contributed by atoms with E-state index in [-0.39, 0.29) is 11.6 Å². The minimum Gasteiger partial charge on any atom is -0.482 e. The molecule has 5 heteroatoms. The highest BCUT2D eigenvalue weighted by atomic mass is 35.5. The van der Waals surface area contributed by atoms with Gasteiger partial charge < -0.3 is 15.0 Å². The van der Waals surface area contributed by atoms with Crippen molar-refractivity contribution in [3.05, 3.63) is 89.5 Å². The number of hydrogen-bond acceptors (Lipinski definition) is 2. The summed E-state index contributed by atoms with van der Waals surface area (Å²) in [7, 11) is 0. The van der Waals surface area contributed by atoms with E-state index in [1.807, 2.05) is 35.2 Å². The van der Waals surface area contributed by atoms with Crippen LogP contribution in [0.25, 0.3) is 17.2 Å². The van der Waals surface area contributed by atoms with E-state index in [1.165, 1.54) is 11.1 Å². The van der Waals surface area contributed by atoms with Crippen molar-refractivity contribution in [3.8, 4) is 16.9 Å². The zero-order valence-corrected chi connectivity index (χ0v) is 17.8. The number of fused-ring (bicyclic) bond motifs is 1. The summed E-state index contributed by atoms with van der Waals surface area (Å²) in [6.45, 7) is 1.27. The van der Waals surface area contributed by atoms with Crippen LogP contribution in [0.3, 0.4) is 0 Å². The molecule has 5 rings (SSSR count). The molecular weight excluding hydrogens is 408 g/mol. The Kier molecular flexibility index (Phi) is 5.16. The second-order valence-corrected chi connectivity index (χ2v) is 8.48. The lowest BCUT2D eigenvalue weighted by atomic mass is 9.87. The van der Waals surface area contributed by atoms with Gasteiger partial charge in [0, 0.05) is 42.2 Å². The summed E-state index contributed by atoms with van der Waals surface area (Å²) in [5, 5.41) is 3.53. The van der Waals surface area contributed by atoms with Crippen LogP contribution in [-0.2, 0) is 0 Å². The fraction of sp³-hybridized carbons (Fsp3) is 0.192. The number of likely N-dealkylation sites (tertiary alicyclic amines) is 1. The van der Waals surface area contributed by atoms with Crippen LogP contribution in [0.2, 0.25) is 5.02 Å². The maximum Gasteiger partial charge on any atom is 0.321 e. The van der Waals surface area contributed by atoms with Gasteiger partial charge in [-0.15, -0.1) is 0 Å². The Balaban J connectivity index is 1.25. The van der Waals surface area contributed by atoms with E-state index in [2.05, 4.69) is 47.8 Å². The Labute approximate surface area is 187 Å². The highest BCUT2D eigenvalue weighted by Gasteiger charge is 2.38. The van der Waals surface area contributed by atoms with Crippen molar-refractivity contribution in [3.63, 3.8) is 0 Å². The van der Waals surface area contributed by atoms with Crippen LogP contribution < -0.4 is 10.1 Å². The summed E-state index contributed by atoms with van der Waals surface area (Å²) >= 11 is 6.01. The molecule has 1 N–H and O–H groups in total. The quantitative estimate of drug-likeness (QED) is 0.505. The van der Waals surface area contributed by atoms with Crippen LogP contribution >= 0.6 is 11.6 Å². The lowest BCUT2D eigenvalue weighted by molar-refractivity contribution is 0.0519. The first-order valence-electron chi connectivity index (χ1n) is 10.5. The number of piperidine rings is 1. The number of nitrogens with zero attached hydrogens (tertiary/aromatic N) is 1. The zero-order valence-electron chi connectivity index (χ0n) is 17.1. The van der Waals surface area contributed by atoms with Gasteiger partial charge in [0.15, 0.2) is 0 Å². The van der Waals surface area contributed by atoms with Crippen LogP contribution in [0.15, 0.2) is 78.9 Å². The first kappa shape index (κ1) is 19.7. The van der Waals surface area contributed by atoms with Gasteiger partial charge in [-0.3, -0.25) is 0 Å². The van der Waals surface area contributed by atoms with Crippen molar-refractivity contribution in [2.45, 2.75) is 18.4 Å². The fourth-order valence-corrected chi connectivity index (χ4v) is 4.39. The average Bonchev–Trinajstić information content (AvgIpc) is 2.80. The van der Waals surface area contributed by atoms with Crippen LogP contribution in [-0.4, -0.2) is 29.6 Å².